The number of nitrogens with zero attached hydrogens (tertiary/aromatic N) is 4. The Bertz CT molecular complexity index is 562. The molecule has 0 unspecified atom stereocenters. The first-order valence-electron chi connectivity index (χ1n) is 5.06. The molecular weight excluding hydrogens is 220 g/mol. The van der Waals surface area contributed by atoms with E-state index in [-0.39, 0.29) is 5.69 Å². The van der Waals surface area contributed by atoms with Gasteiger partial charge in [-0.05, 0) is 19.4 Å². The van der Waals surface area contributed by atoms with Crippen LogP contribution in [0.15, 0.2) is 18.5 Å². The van der Waals surface area contributed by atoms with Crippen LogP contribution in [0.1, 0.15) is 21.9 Å². The molecule has 2 rings (SSSR count). The second-order valence-corrected chi connectivity index (χ2v) is 3.61. The van der Waals surface area contributed by atoms with Crippen LogP contribution in [-0.2, 0) is 4.74 Å². The van der Waals surface area contributed by atoms with E-state index >= 15 is 0 Å². The van der Waals surface area contributed by atoms with Gasteiger partial charge in [-0.3, -0.25) is 0 Å². The van der Waals surface area contributed by atoms with Crippen molar-refractivity contribution in [3.8, 4) is 5.82 Å². The molecule has 6 nitrogen and oxygen atoms in total. The van der Waals surface area contributed by atoms with Crippen molar-refractivity contribution in [3.63, 3.8) is 0 Å². The number of rotatable bonds is 2. The van der Waals surface area contributed by atoms with Crippen LogP contribution in [0.4, 0.5) is 0 Å². The number of hydrogen-bond acceptors (Lipinski definition) is 5. The van der Waals surface area contributed by atoms with E-state index in [4.69, 9.17) is 0 Å². The predicted octanol–water partition coefficient (Wildman–Crippen LogP) is 1.07. The zero-order chi connectivity index (χ0) is 12.4. The minimum atomic E-state index is -0.486. The van der Waals surface area contributed by atoms with E-state index in [9.17, 15) is 4.79 Å². The van der Waals surface area contributed by atoms with Crippen LogP contribution in [0, 0.1) is 13.8 Å². The molecule has 0 aromatic carbocycles. The molecule has 0 aliphatic carbocycles. The molecule has 17 heavy (non-hydrogen) atoms. The van der Waals surface area contributed by atoms with Gasteiger partial charge < -0.3 is 4.74 Å². The Kier molecular flexibility index (Phi) is 2.86. The first-order valence-corrected chi connectivity index (χ1v) is 5.06. The number of methoxy groups -OCH3 is 1. The third kappa shape index (κ3) is 2.30. The Morgan fingerprint density at radius 2 is 2.12 bits per heavy atom. The Labute approximate surface area is 98.3 Å². The fourth-order valence-electron chi connectivity index (χ4n) is 1.42. The molecule has 0 saturated heterocycles. The normalized spacial score (nSPS) is 10.3. The molecule has 0 radical (unpaired) electrons. The van der Waals surface area contributed by atoms with Gasteiger partial charge in [0, 0.05) is 12.3 Å². The van der Waals surface area contributed by atoms with Crippen molar-refractivity contribution in [3.05, 3.63) is 35.5 Å². The summed E-state index contributed by atoms with van der Waals surface area (Å²) in [6.07, 6.45) is 3.54. The highest BCUT2D eigenvalue weighted by Crippen LogP contribution is 2.08. The quantitative estimate of drug-likeness (QED) is 0.724. The van der Waals surface area contributed by atoms with Crippen molar-refractivity contribution in [1.82, 2.24) is 19.7 Å². The molecule has 0 atom stereocenters. The third-order valence-corrected chi connectivity index (χ3v) is 2.17. The van der Waals surface area contributed by atoms with Crippen LogP contribution >= 0.6 is 0 Å². The van der Waals surface area contributed by atoms with Gasteiger partial charge >= 0.3 is 5.97 Å². The lowest BCUT2D eigenvalue weighted by Crippen LogP contribution is -2.09. The van der Waals surface area contributed by atoms with Crippen molar-refractivity contribution in [1.29, 1.82) is 0 Å². The highest BCUT2D eigenvalue weighted by molar-refractivity contribution is 5.87. The van der Waals surface area contributed by atoms with E-state index in [0.717, 1.165) is 5.56 Å². The van der Waals surface area contributed by atoms with Crippen molar-refractivity contribution >= 4 is 5.97 Å². The van der Waals surface area contributed by atoms with Gasteiger partial charge in [-0.2, -0.15) is 5.10 Å². The van der Waals surface area contributed by atoms with Gasteiger partial charge in [0.15, 0.2) is 11.5 Å². The van der Waals surface area contributed by atoms with Crippen LogP contribution in [0.5, 0.6) is 0 Å². The monoisotopic (exact) mass is 232 g/mol. The number of carbonyl (C=O) groups excluding carboxylic acids is 1. The molecule has 0 aliphatic rings. The Balaban J connectivity index is 2.48. The van der Waals surface area contributed by atoms with Gasteiger partial charge in [-0.15, -0.1) is 0 Å². The zero-order valence-corrected chi connectivity index (χ0v) is 9.84. The molecule has 2 aromatic rings. The average Bonchev–Trinajstić information content (AvgIpc) is 2.74. The number of hydrogen-bond donors (Lipinski definition) is 0. The zero-order valence-electron chi connectivity index (χ0n) is 9.84. The smallest absolute Gasteiger partial charge is 0.356 e. The second-order valence-electron chi connectivity index (χ2n) is 3.61. The summed E-state index contributed by atoms with van der Waals surface area (Å²) >= 11 is 0. The Hall–Kier alpha value is -2.24. The minimum absolute atomic E-state index is 0.225. The van der Waals surface area contributed by atoms with Gasteiger partial charge in [-0.1, -0.05) is 0 Å². The van der Waals surface area contributed by atoms with Gasteiger partial charge in [0.2, 0.25) is 0 Å². The molecule has 88 valence electrons. The SMILES string of the molecule is COC(=O)c1cc(-n2cc(C)cn2)nc(C)n1. The van der Waals surface area contributed by atoms with E-state index in [1.807, 2.05) is 13.1 Å². The maximum Gasteiger partial charge on any atom is 0.356 e. The van der Waals surface area contributed by atoms with Crippen LogP contribution in [0.3, 0.4) is 0 Å². The highest BCUT2D eigenvalue weighted by Gasteiger charge is 2.11. The Morgan fingerprint density at radius 1 is 1.35 bits per heavy atom. The van der Waals surface area contributed by atoms with Gasteiger partial charge in [-0.25, -0.2) is 19.4 Å². The lowest BCUT2D eigenvalue weighted by molar-refractivity contribution is 0.0593. The van der Waals surface area contributed by atoms with Crippen molar-refractivity contribution in [2.75, 3.05) is 7.11 Å². The summed E-state index contributed by atoms with van der Waals surface area (Å²) in [5.41, 5.74) is 1.24. The fourth-order valence-corrected chi connectivity index (χ4v) is 1.42. The number of carbonyl (C=O) groups is 1. The lowest BCUT2D eigenvalue weighted by Gasteiger charge is -2.04. The molecule has 0 bridgehead atoms. The minimum Gasteiger partial charge on any atom is -0.464 e. The maximum absolute atomic E-state index is 11.4. The average molecular weight is 232 g/mol. The summed E-state index contributed by atoms with van der Waals surface area (Å²) in [6.45, 7) is 3.64. The molecule has 0 fully saturated rings. The first-order chi connectivity index (χ1) is 8.10. The maximum atomic E-state index is 11.4. The van der Waals surface area contributed by atoms with Crippen LogP contribution in [-0.4, -0.2) is 32.8 Å². The number of aryl methyl sites for hydroxylation is 2. The number of esters is 1. The summed E-state index contributed by atoms with van der Waals surface area (Å²) in [4.78, 5) is 19.6. The summed E-state index contributed by atoms with van der Waals surface area (Å²) in [5, 5.41) is 4.13. The van der Waals surface area contributed by atoms with Gasteiger partial charge in [0.25, 0.3) is 0 Å². The Morgan fingerprint density at radius 3 is 2.71 bits per heavy atom. The molecule has 2 heterocycles. The molecule has 6 heteroatoms. The second kappa shape index (κ2) is 4.32. The number of aromatic nitrogens is 4. The van der Waals surface area contributed by atoms with E-state index < -0.39 is 5.97 Å². The molecule has 0 N–H and O–H groups in total. The van der Waals surface area contributed by atoms with E-state index in [0.29, 0.717) is 11.6 Å². The molecule has 0 saturated carbocycles. The van der Waals surface area contributed by atoms with E-state index in [1.54, 1.807) is 23.9 Å². The fraction of sp³-hybridized carbons (Fsp3) is 0.273. The van der Waals surface area contributed by atoms with Crippen LogP contribution in [0.25, 0.3) is 5.82 Å². The van der Waals surface area contributed by atoms with Crippen molar-refractivity contribution in [2.45, 2.75) is 13.8 Å². The molecule has 2 aromatic heterocycles. The van der Waals surface area contributed by atoms with E-state index in [2.05, 4.69) is 19.8 Å². The van der Waals surface area contributed by atoms with Crippen LogP contribution < -0.4 is 0 Å². The summed E-state index contributed by atoms with van der Waals surface area (Å²) in [5.74, 6) is 0.558. The third-order valence-electron chi connectivity index (χ3n) is 2.17. The van der Waals surface area contributed by atoms with E-state index in [1.165, 1.54) is 7.11 Å². The standard InChI is InChI=1S/C11H12N4O2/c1-7-5-12-15(6-7)10-4-9(11(16)17-3)13-8(2)14-10/h4-6H,1-3H3. The largest absolute Gasteiger partial charge is 0.464 e. The van der Waals surface area contributed by atoms with Gasteiger partial charge in [0.1, 0.15) is 5.82 Å². The van der Waals surface area contributed by atoms with Gasteiger partial charge in [0.05, 0.1) is 13.3 Å². The number of ether oxygens (including phenoxy) is 1. The van der Waals surface area contributed by atoms with Crippen LogP contribution in [0.2, 0.25) is 0 Å². The predicted molar refractivity (Wildman–Crippen MR) is 60.0 cm³/mol. The van der Waals surface area contributed by atoms with Crippen molar-refractivity contribution in [2.24, 2.45) is 0 Å². The molecular formula is C11H12N4O2. The topological polar surface area (TPSA) is 69.9 Å². The molecule has 0 spiro atoms. The lowest BCUT2D eigenvalue weighted by atomic mass is 10.3. The molecule has 0 aliphatic heterocycles. The first kappa shape index (κ1) is 11.3. The highest BCUT2D eigenvalue weighted by atomic mass is 16.5. The summed E-state index contributed by atoms with van der Waals surface area (Å²) < 4.78 is 6.22. The van der Waals surface area contributed by atoms with Crippen molar-refractivity contribution < 1.29 is 9.53 Å². The molecule has 0 amide bonds. The summed E-state index contributed by atoms with van der Waals surface area (Å²) in [7, 11) is 1.32. The summed E-state index contributed by atoms with van der Waals surface area (Å²) in [6, 6.07) is 1.55.